The Morgan fingerprint density at radius 1 is 0.560 bits per heavy atom. The first kappa shape index (κ1) is 37.9. The molecule has 3 heterocycles. The molecule has 0 aliphatic carbocycles. The van der Waals surface area contributed by atoms with Crippen molar-refractivity contribution in [2.75, 3.05) is 0 Å². The second-order valence-electron chi connectivity index (χ2n) is 9.31. The standard InChI is InChI=1S/C12H10O2S.C8H4N2.C7H5N3.C6H6O2S.C4H4N2/c13-15(14,11-7-3-1-4-8-11)12-9-5-2-6-10-12;9-5-7-2-1-3-8(4-7)6-10;1-2-8-5-7-6(1)9-3-4-10-7;7-9(8)6-4-2-1-3-5-6;1-2-5-4-6-3-1/h1-10H;1-4H;1-5H;1-5H,(H,7,8);1-4H/p-1. The maximum Gasteiger partial charge on any atom is 0.206 e. The fourth-order valence-corrected chi connectivity index (χ4v) is 5.28. The minimum atomic E-state index is -3.34. The van der Waals surface area contributed by atoms with Crippen LogP contribution in [0.4, 0.5) is 0 Å². The molecule has 3 aromatic heterocycles. The Bertz CT molecular complexity index is 2070. The van der Waals surface area contributed by atoms with Gasteiger partial charge in [-0.1, -0.05) is 60.7 Å². The molecule has 0 N–H and O–H groups in total. The lowest BCUT2D eigenvalue weighted by Crippen LogP contribution is -2.00. The smallest absolute Gasteiger partial charge is 0.206 e. The lowest BCUT2D eigenvalue weighted by atomic mass is 10.2. The molecule has 4 aromatic carbocycles. The van der Waals surface area contributed by atoms with Gasteiger partial charge in [-0.2, -0.15) is 10.5 Å². The number of rotatable bonds is 3. The SMILES string of the molecule is N#Cc1cccc(C#N)c1.O=S(=O)(c1ccccc1)c1ccccc1.O=S([O-])c1ccccc1.c1cc2nccnc2cn1.c1cncnc1. The van der Waals surface area contributed by atoms with Crippen LogP contribution in [0.15, 0.2) is 186 Å². The average Bonchev–Trinajstić information content (AvgIpc) is 3.20. The van der Waals surface area contributed by atoms with E-state index < -0.39 is 20.9 Å². The number of pyridine rings is 1. The molecule has 0 fully saturated rings. The van der Waals surface area contributed by atoms with E-state index in [1.807, 2.05) is 18.2 Å². The minimum Gasteiger partial charge on any atom is -0.768 e. The van der Waals surface area contributed by atoms with E-state index in [1.54, 1.807) is 159 Å². The molecule has 0 aliphatic rings. The Kier molecular flexibility index (Phi) is 16.2. The van der Waals surface area contributed by atoms with E-state index in [4.69, 9.17) is 10.5 Å². The van der Waals surface area contributed by atoms with Crippen LogP contribution >= 0.6 is 0 Å². The van der Waals surface area contributed by atoms with E-state index in [9.17, 15) is 17.2 Å². The number of hydrogen-bond acceptors (Lipinski definition) is 11. The van der Waals surface area contributed by atoms with Gasteiger partial charge in [-0.25, -0.2) is 18.4 Å². The predicted molar refractivity (Wildman–Crippen MR) is 187 cm³/mol. The largest absolute Gasteiger partial charge is 0.768 e. The average molecular weight is 699 g/mol. The van der Waals surface area contributed by atoms with Crippen LogP contribution in [0.2, 0.25) is 0 Å². The maximum absolute atomic E-state index is 12.0. The molecule has 1 atom stereocenters. The Morgan fingerprint density at radius 3 is 1.46 bits per heavy atom. The zero-order valence-corrected chi connectivity index (χ0v) is 27.9. The van der Waals surface area contributed by atoms with E-state index in [0.717, 1.165) is 11.0 Å². The molecule has 13 heteroatoms. The van der Waals surface area contributed by atoms with Gasteiger partial charge in [0, 0.05) is 35.9 Å². The van der Waals surface area contributed by atoms with Crippen LogP contribution in [0.1, 0.15) is 11.1 Å². The van der Waals surface area contributed by atoms with Crippen molar-refractivity contribution in [2.24, 2.45) is 0 Å². The maximum atomic E-state index is 12.0. The molecular weight excluding hydrogens is 671 g/mol. The van der Waals surface area contributed by atoms with Gasteiger partial charge in [0.15, 0.2) is 0 Å². The van der Waals surface area contributed by atoms with Crippen molar-refractivity contribution in [1.82, 2.24) is 24.9 Å². The highest BCUT2D eigenvalue weighted by Crippen LogP contribution is 2.19. The molecule has 0 bridgehead atoms. The summed E-state index contributed by atoms with van der Waals surface area (Å²) in [5, 5.41) is 16.8. The molecule has 248 valence electrons. The first-order chi connectivity index (χ1) is 24.3. The molecule has 7 aromatic rings. The van der Waals surface area contributed by atoms with Crippen LogP contribution in [0, 0.1) is 22.7 Å². The third kappa shape index (κ3) is 13.3. The first-order valence-electron chi connectivity index (χ1n) is 14.5. The third-order valence-electron chi connectivity index (χ3n) is 5.91. The van der Waals surface area contributed by atoms with Gasteiger partial charge in [0.25, 0.3) is 0 Å². The zero-order valence-electron chi connectivity index (χ0n) is 26.2. The van der Waals surface area contributed by atoms with Crippen molar-refractivity contribution < 1.29 is 17.2 Å². The van der Waals surface area contributed by atoms with Gasteiger partial charge in [0.05, 0.1) is 44.8 Å². The summed E-state index contributed by atoms with van der Waals surface area (Å²) < 4.78 is 44.5. The number of hydrogen-bond donors (Lipinski definition) is 0. The molecule has 0 radical (unpaired) electrons. The number of sulfone groups is 1. The molecule has 0 spiro atoms. The Morgan fingerprint density at radius 2 is 1.06 bits per heavy atom. The summed E-state index contributed by atoms with van der Waals surface area (Å²) in [6, 6.07) is 39.2. The summed E-state index contributed by atoms with van der Waals surface area (Å²) in [6.45, 7) is 0. The Balaban J connectivity index is 0.000000174. The molecular formula is C37H28N7O4S2-. The summed E-state index contributed by atoms with van der Waals surface area (Å²) >= 11 is -2.08. The van der Waals surface area contributed by atoms with Gasteiger partial charge in [-0.05, 0) is 77.8 Å². The van der Waals surface area contributed by atoms with E-state index in [1.165, 1.54) is 6.33 Å². The minimum absolute atomic E-state index is 0.330. The summed E-state index contributed by atoms with van der Waals surface area (Å²) in [5.41, 5.74) is 2.78. The predicted octanol–water partition coefficient (Wildman–Crippen LogP) is 6.38. The molecule has 0 saturated carbocycles. The third-order valence-corrected chi connectivity index (χ3v) is 8.36. The molecule has 0 amide bonds. The Hall–Kier alpha value is -6.51. The number of aromatic nitrogens is 5. The fraction of sp³-hybridized carbons (Fsp3) is 0. The summed E-state index contributed by atoms with van der Waals surface area (Å²) in [5.74, 6) is 0. The van der Waals surface area contributed by atoms with E-state index in [2.05, 4.69) is 24.9 Å². The van der Waals surface area contributed by atoms with Gasteiger partial charge < -0.3 is 4.55 Å². The van der Waals surface area contributed by atoms with Crippen molar-refractivity contribution in [2.45, 2.75) is 14.7 Å². The van der Waals surface area contributed by atoms with Crippen LogP contribution in [0.5, 0.6) is 0 Å². The number of nitriles is 2. The van der Waals surface area contributed by atoms with Gasteiger partial charge in [-0.15, -0.1) is 0 Å². The molecule has 0 aliphatic heterocycles. The van der Waals surface area contributed by atoms with Gasteiger partial charge >= 0.3 is 0 Å². The van der Waals surface area contributed by atoms with Crippen molar-refractivity contribution in [3.05, 3.63) is 182 Å². The van der Waals surface area contributed by atoms with Crippen molar-refractivity contribution in [1.29, 1.82) is 10.5 Å². The summed E-state index contributed by atoms with van der Waals surface area (Å²) in [4.78, 5) is 20.4. The Labute approximate surface area is 292 Å². The topological polar surface area (TPSA) is 186 Å². The van der Waals surface area contributed by atoms with Gasteiger partial charge in [0.1, 0.15) is 11.8 Å². The second-order valence-corrected chi connectivity index (χ2v) is 12.2. The van der Waals surface area contributed by atoms with Crippen LogP contribution in [-0.4, -0.2) is 42.1 Å². The summed E-state index contributed by atoms with van der Waals surface area (Å²) in [6.07, 6.45) is 11.6. The van der Waals surface area contributed by atoms with Crippen molar-refractivity contribution >= 4 is 32.0 Å². The highest BCUT2D eigenvalue weighted by Gasteiger charge is 2.15. The normalized spacial score (nSPS) is 10.2. The molecule has 1 unspecified atom stereocenters. The van der Waals surface area contributed by atoms with E-state index in [0.29, 0.717) is 25.8 Å². The quantitative estimate of drug-likeness (QED) is 0.187. The van der Waals surface area contributed by atoms with E-state index in [-0.39, 0.29) is 0 Å². The highest BCUT2D eigenvalue weighted by molar-refractivity contribution is 7.91. The molecule has 0 saturated heterocycles. The molecule has 7 rings (SSSR count). The van der Waals surface area contributed by atoms with Crippen LogP contribution in [0.25, 0.3) is 11.0 Å². The lowest BCUT2D eigenvalue weighted by Gasteiger charge is -2.03. The monoisotopic (exact) mass is 698 g/mol. The fourth-order valence-electron chi connectivity index (χ4n) is 3.59. The van der Waals surface area contributed by atoms with Gasteiger partial charge in [0.2, 0.25) is 9.84 Å². The van der Waals surface area contributed by atoms with Crippen LogP contribution in [-0.2, 0) is 20.9 Å². The zero-order chi connectivity index (χ0) is 35.9. The summed E-state index contributed by atoms with van der Waals surface area (Å²) in [7, 11) is -3.34. The van der Waals surface area contributed by atoms with Gasteiger partial charge in [-0.3, -0.25) is 19.2 Å². The van der Waals surface area contributed by atoms with Crippen molar-refractivity contribution in [3.63, 3.8) is 0 Å². The second kappa shape index (κ2) is 21.4. The van der Waals surface area contributed by atoms with Crippen molar-refractivity contribution in [3.8, 4) is 12.1 Å². The number of benzene rings is 4. The van der Waals surface area contributed by atoms with Crippen LogP contribution < -0.4 is 0 Å². The van der Waals surface area contributed by atoms with E-state index >= 15 is 0 Å². The number of fused-ring (bicyclic) bond motifs is 1. The molecule has 11 nitrogen and oxygen atoms in total. The molecule has 50 heavy (non-hydrogen) atoms. The van der Waals surface area contributed by atoms with Crippen LogP contribution in [0.3, 0.4) is 0 Å². The number of nitrogens with zero attached hydrogens (tertiary/aromatic N) is 7. The first-order valence-corrected chi connectivity index (χ1v) is 17.0. The highest BCUT2D eigenvalue weighted by atomic mass is 32.2. The lowest BCUT2D eigenvalue weighted by molar-refractivity contribution is 0.537.